The molecule has 0 fully saturated rings. The Morgan fingerprint density at radius 2 is 1.88 bits per heavy atom. The van der Waals surface area contributed by atoms with E-state index >= 15 is 0 Å². The van der Waals surface area contributed by atoms with Gasteiger partial charge in [0.1, 0.15) is 11.5 Å². The largest absolute Gasteiger partial charge is 0.734 e. The number of hydrogen-bond donors (Lipinski definition) is 1. The van der Waals surface area contributed by atoms with Crippen molar-refractivity contribution in [1.29, 1.82) is 0 Å². The van der Waals surface area contributed by atoms with Crippen LogP contribution in [0.4, 0.5) is 0 Å². The molecule has 1 aromatic rings. The van der Waals surface area contributed by atoms with Gasteiger partial charge >= 0.3 is 0 Å². The smallest absolute Gasteiger partial charge is 0.126 e. The minimum Gasteiger partial charge on any atom is -0.734 e. The molecule has 0 aliphatic rings. The zero-order valence-corrected chi connectivity index (χ0v) is 9.43. The number of hydroxylamine groups is 2. The summed E-state index contributed by atoms with van der Waals surface area (Å²) in [6.45, 7) is 1.89. The van der Waals surface area contributed by atoms with Crippen LogP contribution in [0, 0.1) is 12.1 Å². The van der Waals surface area contributed by atoms with Crippen LogP contribution in [-0.2, 0) is 0 Å². The van der Waals surface area contributed by atoms with E-state index < -0.39 is 0 Å². The standard InChI is InChI=1S/C11H14NO4/c1-8-6-11(16-3)9(4-5-12(13)14)7-10(8)15-2/h4-7,13H,1-3H3/q-1. The Morgan fingerprint density at radius 3 is 2.38 bits per heavy atom. The van der Waals surface area contributed by atoms with E-state index in [0.29, 0.717) is 17.1 Å². The number of rotatable bonds is 4. The molecule has 0 atom stereocenters. The monoisotopic (exact) mass is 224 g/mol. The highest BCUT2D eigenvalue weighted by Crippen LogP contribution is 2.29. The maximum absolute atomic E-state index is 10.4. The summed E-state index contributed by atoms with van der Waals surface area (Å²) >= 11 is 0. The number of nitrogens with zero attached hydrogens (tertiary/aromatic N) is 1. The van der Waals surface area contributed by atoms with Crippen LogP contribution in [0.5, 0.6) is 11.5 Å². The zero-order chi connectivity index (χ0) is 12.1. The van der Waals surface area contributed by atoms with Crippen LogP contribution < -0.4 is 9.47 Å². The van der Waals surface area contributed by atoms with Crippen LogP contribution in [-0.4, -0.2) is 24.7 Å². The fourth-order valence-corrected chi connectivity index (χ4v) is 1.35. The van der Waals surface area contributed by atoms with Gasteiger partial charge in [-0.15, -0.1) is 0 Å². The maximum atomic E-state index is 10.4. The Bertz CT molecular complexity index is 388. The van der Waals surface area contributed by atoms with Crippen molar-refractivity contribution in [1.82, 2.24) is 5.23 Å². The number of benzene rings is 1. The van der Waals surface area contributed by atoms with Gasteiger partial charge < -0.3 is 19.9 Å². The third kappa shape index (κ3) is 2.88. The molecule has 0 radical (unpaired) electrons. The minimum absolute atomic E-state index is 0.272. The fourth-order valence-electron chi connectivity index (χ4n) is 1.35. The Kier molecular flexibility index (Phi) is 4.16. The van der Waals surface area contributed by atoms with Crippen LogP contribution in [0.25, 0.3) is 6.08 Å². The topological polar surface area (TPSA) is 65.0 Å². The minimum atomic E-state index is -0.272. The van der Waals surface area contributed by atoms with Crippen molar-refractivity contribution in [3.63, 3.8) is 0 Å². The van der Waals surface area contributed by atoms with Gasteiger partial charge in [-0.3, -0.25) is 5.21 Å². The molecule has 16 heavy (non-hydrogen) atoms. The Balaban J connectivity index is 3.14. The van der Waals surface area contributed by atoms with Gasteiger partial charge in [0.2, 0.25) is 0 Å². The summed E-state index contributed by atoms with van der Waals surface area (Å²) in [5.74, 6) is 1.30. The van der Waals surface area contributed by atoms with Crippen LogP contribution in [0.2, 0.25) is 0 Å². The van der Waals surface area contributed by atoms with Crippen LogP contribution in [0.1, 0.15) is 11.1 Å². The van der Waals surface area contributed by atoms with Gasteiger partial charge in [-0.25, -0.2) is 0 Å². The molecule has 0 spiro atoms. The lowest BCUT2D eigenvalue weighted by Gasteiger charge is -2.16. The molecule has 5 nitrogen and oxygen atoms in total. The van der Waals surface area contributed by atoms with Gasteiger partial charge in [-0.2, -0.15) is 0 Å². The second-order valence-electron chi connectivity index (χ2n) is 3.18. The van der Waals surface area contributed by atoms with Crippen LogP contribution in [0.15, 0.2) is 18.3 Å². The summed E-state index contributed by atoms with van der Waals surface area (Å²) in [4.78, 5) is 0. The molecule has 0 saturated carbocycles. The quantitative estimate of drug-likeness (QED) is 0.794. The Morgan fingerprint density at radius 1 is 1.25 bits per heavy atom. The van der Waals surface area contributed by atoms with Gasteiger partial charge in [-0.1, -0.05) is 0 Å². The van der Waals surface area contributed by atoms with Crippen LogP contribution >= 0.6 is 0 Å². The molecule has 88 valence electrons. The third-order valence-electron chi connectivity index (χ3n) is 2.13. The molecule has 0 aliphatic carbocycles. The molecular weight excluding hydrogens is 210 g/mol. The summed E-state index contributed by atoms with van der Waals surface area (Å²) < 4.78 is 10.3. The first-order valence-electron chi connectivity index (χ1n) is 4.64. The highest BCUT2D eigenvalue weighted by molar-refractivity contribution is 5.61. The van der Waals surface area contributed by atoms with E-state index in [1.165, 1.54) is 13.2 Å². The predicted octanol–water partition coefficient (Wildman–Crippen LogP) is 2.17. The normalized spacial score (nSPS) is 10.6. The summed E-state index contributed by atoms with van der Waals surface area (Å²) in [5.41, 5.74) is 1.58. The molecule has 1 rings (SSSR count). The molecule has 0 heterocycles. The van der Waals surface area contributed by atoms with E-state index in [4.69, 9.17) is 14.7 Å². The highest BCUT2D eigenvalue weighted by atomic mass is 16.8. The van der Waals surface area contributed by atoms with Crippen molar-refractivity contribution < 1.29 is 14.7 Å². The van der Waals surface area contributed by atoms with Gasteiger partial charge in [0, 0.05) is 11.8 Å². The van der Waals surface area contributed by atoms with E-state index in [2.05, 4.69) is 0 Å². The summed E-state index contributed by atoms with van der Waals surface area (Å²) in [6, 6.07) is 3.53. The van der Waals surface area contributed by atoms with E-state index in [0.717, 1.165) is 11.8 Å². The molecular formula is C11H14NO4-. The zero-order valence-electron chi connectivity index (χ0n) is 9.43. The van der Waals surface area contributed by atoms with E-state index in [1.54, 1.807) is 19.2 Å². The number of methoxy groups -OCH3 is 2. The van der Waals surface area contributed by atoms with E-state index in [1.807, 2.05) is 6.92 Å². The average molecular weight is 224 g/mol. The first kappa shape index (κ1) is 12.4. The van der Waals surface area contributed by atoms with E-state index in [-0.39, 0.29) is 5.23 Å². The molecule has 0 unspecified atom stereocenters. The van der Waals surface area contributed by atoms with Crippen molar-refractivity contribution in [2.24, 2.45) is 0 Å². The second-order valence-corrected chi connectivity index (χ2v) is 3.18. The van der Waals surface area contributed by atoms with Gasteiger partial charge in [0.25, 0.3) is 0 Å². The molecule has 0 aromatic heterocycles. The van der Waals surface area contributed by atoms with Crippen molar-refractivity contribution in [3.05, 3.63) is 34.7 Å². The molecule has 0 amide bonds. The molecule has 1 N–H and O–H groups in total. The van der Waals surface area contributed by atoms with Crippen molar-refractivity contribution in [2.75, 3.05) is 14.2 Å². The Labute approximate surface area is 94.0 Å². The predicted molar refractivity (Wildman–Crippen MR) is 60.3 cm³/mol. The Hall–Kier alpha value is -1.72. The number of aryl methyl sites for hydroxylation is 1. The van der Waals surface area contributed by atoms with Gasteiger partial charge in [0.05, 0.1) is 14.2 Å². The van der Waals surface area contributed by atoms with Crippen molar-refractivity contribution in [2.45, 2.75) is 6.92 Å². The molecule has 0 bridgehead atoms. The SMILES string of the molecule is COc1cc(C=CN([O-])O)c(OC)cc1C. The lowest BCUT2D eigenvalue weighted by Crippen LogP contribution is -1.98. The molecule has 5 heteroatoms. The fraction of sp³-hybridized carbons (Fsp3) is 0.273. The van der Waals surface area contributed by atoms with Crippen molar-refractivity contribution in [3.8, 4) is 11.5 Å². The lowest BCUT2D eigenvalue weighted by molar-refractivity contribution is 0.0129. The number of hydrogen-bond acceptors (Lipinski definition) is 5. The second kappa shape index (κ2) is 5.39. The highest BCUT2D eigenvalue weighted by Gasteiger charge is 2.05. The molecule has 0 aliphatic heterocycles. The van der Waals surface area contributed by atoms with Crippen molar-refractivity contribution >= 4 is 6.08 Å². The van der Waals surface area contributed by atoms with Gasteiger partial charge in [-0.05, 0) is 30.7 Å². The lowest BCUT2D eigenvalue weighted by atomic mass is 10.1. The average Bonchev–Trinajstić information content (AvgIpc) is 2.26. The number of ether oxygens (including phenoxy) is 2. The first-order valence-corrected chi connectivity index (χ1v) is 4.64. The molecule has 1 aromatic carbocycles. The summed E-state index contributed by atoms with van der Waals surface area (Å²) in [5, 5.41) is 18.6. The van der Waals surface area contributed by atoms with E-state index in [9.17, 15) is 5.21 Å². The third-order valence-corrected chi connectivity index (χ3v) is 2.13. The van der Waals surface area contributed by atoms with Crippen LogP contribution in [0.3, 0.4) is 0 Å². The first-order chi connectivity index (χ1) is 7.58. The maximum Gasteiger partial charge on any atom is 0.126 e. The molecule has 0 saturated heterocycles. The summed E-state index contributed by atoms with van der Waals surface area (Å²) in [7, 11) is 3.10. The van der Waals surface area contributed by atoms with Gasteiger partial charge in [0.15, 0.2) is 0 Å². The summed E-state index contributed by atoms with van der Waals surface area (Å²) in [6.07, 6.45) is 2.42.